The van der Waals surface area contributed by atoms with Crippen molar-refractivity contribution in [1.82, 2.24) is 4.90 Å². The molecule has 0 radical (unpaired) electrons. The Kier molecular flexibility index (Phi) is 6.01. The van der Waals surface area contributed by atoms with E-state index in [0.717, 1.165) is 19.6 Å². The van der Waals surface area contributed by atoms with Gasteiger partial charge in [0.2, 0.25) is 0 Å². The molecular weight excluding hydrogens is 344 g/mol. The summed E-state index contributed by atoms with van der Waals surface area (Å²) in [5.41, 5.74) is 0.620. The zero-order chi connectivity index (χ0) is 14.7. The summed E-state index contributed by atoms with van der Waals surface area (Å²) in [6, 6.07) is 6.66. The van der Waals surface area contributed by atoms with Crippen LogP contribution in [0.3, 0.4) is 0 Å². The van der Waals surface area contributed by atoms with E-state index in [-0.39, 0.29) is 28.5 Å². The Labute approximate surface area is 143 Å². The molecule has 2 aliphatic rings. The molecule has 3 rings (SSSR count). The molecule has 1 aromatic rings. The molecule has 2 heterocycles. The number of hydrogen-bond donors (Lipinski definition) is 1. The number of quaternary nitrogens is 1. The summed E-state index contributed by atoms with van der Waals surface area (Å²) in [7, 11) is 0. The maximum atomic E-state index is 12.1. The second kappa shape index (κ2) is 7.57. The van der Waals surface area contributed by atoms with Gasteiger partial charge >= 0.3 is 0 Å². The van der Waals surface area contributed by atoms with Crippen molar-refractivity contribution < 1.29 is 31.4 Å². The van der Waals surface area contributed by atoms with E-state index in [4.69, 9.17) is 0 Å². The number of phenols is 1. The van der Waals surface area contributed by atoms with Gasteiger partial charge in [0.05, 0.1) is 26.2 Å². The highest BCUT2D eigenvalue weighted by molar-refractivity contribution is 5.96. The molecule has 4 nitrogen and oxygen atoms in total. The fourth-order valence-corrected chi connectivity index (χ4v) is 3.69. The number of nitrogens with zero attached hydrogens (tertiary/aromatic N) is 2. The van der Waals surface area contributed by atoms with Gasteiger partial charge in [0.25, 0.3) is 0 Å². The van der Waals surface area contributed by atoms with E-state index in [1.165, 1.54) is 43.5 Å². The predicted octanol–water partition coefficient (Wildman–Crippen LogP) is -1.10. The molecule has 0 unspecified atom stereocenters. The molecule has 5 heteroatoms. The van der Waals surface area contributed by atoms with Gasteiger partial charge in [-0.2, -0.15) is 0 Å². The number of carbonyl (C=O) groups is 1. The molecule has 2 aliphatic heterocycles. The number of rotatable bonds is 4. The first-order chi connectivity index (χ1) is 10.2. The maximum absolute atomic E-state index is 12.1. The van der Waals surface area contributed by atoms with Crippen LogP contribution in [0.25, 0.3) is 0 Å². The normalized spacial score (nSPS) is 20.7. The first-order valence-corrected chi connectivity index (χ1v) is 8.07. The van der Waals surface area contributed by atoms with Crippen LogP contribution in [0.1, 0.15) is 29.6 Å². The van der Waals surface area contributed by atoms with Crippen LogP contribution in [0.2, 0.25) is 0 Å². The number of aromatic hydroxyl groups is 1. The first-order valence-electron chi connectivity index (χ1n) is 8.07. The van der Waals surface area contributed by atoms with Crippen LogP contribution in [0.15, 0.2) is 24.3 Å². The molecule has 0 aliphatic carbocycles. The Morgan fingerprint density at radius 2 is 1.82 bits per heavy atom. The van der Waals surface area contributed by atoms with Crippen molar-refractivity contribution >= 4 is 5.78 Å². The van der Waals surface area contributed by atoms with Gasteiger partial charge in [0, 0.05) is 44.5 Å². The van der Waals surface area contributed by atoms with Crippen LogP contribution in [-0.2, 0) is 0 Å². The minimum absolute atomic E-state index is 0. The molecule has 1 N–H and O–H groups in total. The van der Waals surface area contributed by atoms with Crippen LogP contribution in [-0.4, -0.2) is 66.1 Å². The fraction of sp³-hybridized carbons (Fsp3) is 0.588. The summed E-state index contributed by atoms with van der Waals surface area (Å²) in [6.45, 7) is 8.29. The highest BCUT2D eigenvalue weighted by atomic mass is 79.9. The summed E-state index contributed by atoms with van der Waals surface area (Å²) >= 11 is 0. The number of Topliss-reactive ketones (excluding diaryl/α,β-unsaturated/α-hetero) is 1. The van der Waals surface area contributed by atoms with Crippen LogP contribution in [0.4, 0.5) is 0 Å². The van der Waals surface area contributed by atoms with Crippen molar-refractivity contribution in [2.24, 2.45) is 0 Å². The van der Waals surface area contributed by atoms with Gasteiger partial charge < -0.3 is 26.6 Å². The summed E-state index contributed by atoms with van der Waals surface area (Å²) in [5, 5.41) is 9.43. The zero-order valence-corrected chi connectivity index (χ0v) is 14.6. The van der Waals surface area contributed by atoms with E-state index in [1.807, 2.05) is 0 Å². The standard InChI is InChI=1S/C17H24N2O2.BrH/c20-16-5-3-4-15(14-16)17(21)6-7-18-8-12-19(13-9-18)10-1-2-11-19;/h3-5,14H,1-2,6-13H2;1H. The first kappa shape index (κ1) is 17.4. The second-order valence-electron chi connectivity index (χ2n) is 6.51. The Hall–Kier alpha value is -0.910. The van der Waals surface area contributed by atoms with Crippen molar-refractivity contribution in [2.75, 3.05) is 45.8 Å². The number of phenolic OH excluding ortho intramolecular Hbond substituents is 1. The minimum Gasteiger partial charge on any atom is -1.00 e. The topological polar surface area (TPSA) is 40.5 Å². The van der Waals surface area contributed by atoms with Crippen LogP contribution < -0.4 is 17.0 Å². The Morgan fingerprint density at radius 1 is 1.14 bits per heavy atom. The van der Waals surface area contributed by atoms with Gasteiger partial charge in [-0.1, -0.05) is 12.1 Å². The maximum Gasteiger partial charge on any atom is 0.164 e. The third-order valence-electron chi connectivity index (χ3n) is 5.12. The Morgan fingerprint density at radius 3 is 2.45 bits per heavy atom. The molecule has 2 fully saturated rings. The summed E-state index contributed by atoms with van der Waals surface area (Å²) in [5.74, 6) is 0.292. The number of benzene rings is 1. The van der Waals surface area contributed by atoms with E-state index in [1.54, 1.807) is 24.3 Å². The minimum atomic E-state index is 0. The number of halogens is 1. The second-order valence-corrected chi connectivity index (χ2v) is 6.51. The average Bonchev–Trinajstić information content (AvgIpc) is 2.95. The lowest BCUT2D eigenvalue weighted by Gasteiger charge is -2.42. The number of hydrogen-bond acceptors (Lipinski definition) is 3. The third-order valence-corrected chi connectivity index (χ3v) is 5.12. The molecule has 1 aromatic carbocycles. The van der Waals surface area contributed by atoms with Gasteiger partial charge in [0.15, 0.2) is 5.78 Å². The fourth-order valence-electron chi connectivity index (χ4n) is 3.69. The number of carbonyl (C=O) groups excluding carboxylic acids is 1. The predicted molar refractivity (Wildman–Crippen MR) is 82.5 cm³/mol. The molecule has 0 atom stereocenters. The quantitative estimate of drug-likeness (QED) is 0.541. The number of ketones is 1. The van der Waals surface area contributed by atoms with E-state index < -0.39 is 0 Å². The zero-order valence-electron chi connectivity index (χ0n) is 13.0. The van der Waals surface area contributed by atoms with Crippen molar-refractivity contribution in [1.29, 1.82) is 0 Å². The van der Waals surface area contributed by atoms with E-state index in [9.17, 15) is 9.90 Å². The average molecular weight is 369 g/mol. The summed E-state index contributed by atoms with van der Waals surface area (Å²) in [6.07, 6.45) is 3.31. The third kappa shape index (κ3) is 4.09. The number of piperazine rings is 1. The van der Waals surface area contributed by atoms with Crippen LogP contribution in [0, 0.1) is 0 Å². The van der Waals surface area contributed by atoms with E-state index in [0.29, 0.717) is 12.0 Å². The van der Waals surface area contributed by atoms with Gasteiger partial charge in [0.1, 0.15) is 5.75 Å². The molecule has 0 amide bonds. The molecule has 2 saturated heterocycles. The monoisotopic (exact) mass is 368 g/mol. The molecule has 0 saturated carbocycles. The Balaban J connectivity index is 0.00000176. The molecule has 122 valence electrons. The highest BCUT2D eigenvalue weighted by Gasteiger charge is 2.35. The lowest BCUT2D eigenvalue weighted by molar-refractivity contribution is -0.920. The van der Waals surface area contributed by atoms with Crippen molar-refractivity contribution in [3.05, 3.63) is 29.8 Å². The highest BCUT2D eigenvalue weighted by Crippen LogP contribution is 2.22. The van der Waals surface area contributed by atoms with Crippen molar-refractivity contribution in [3.8, 4) is 5.75 Å². The Bertz CT molecular complexity index is 505. The van der Waals surface area contributed by atoms with Crippen molar-refractivity contribution in [3.63, 3.8) is 0 Å². The SMILES string of the molecule is O=C(CCN1CC[N+]2(CCCC2)CC1)c1cccc(O)c1.[Br-]. The van der Waals surface area contributed by atoms with Gasteiger partial charge in [-0.05, 0) is 12.1 Å². The van der Waals surface area contributed by atoms with Crippen LogP contribution >= 0.6 is 0 Å². The van der Waals surface area contributed by atoms with Crippen molar-refractivity contribution in [2.45, 2.75) is 19.3 Å². The lowest BCUT2D eigenvalue weighted by Crippen LogP contribution is -3.00. The molecule has 22 heavy (non-hydrogen) atoms. The molecule has 0 bridgehead atoms. The summed E-state index contributed by atoms with van der Waals surface area (Å²) < 4.78 is 1.32. The van der Waals surface area contributed by atoms with Gasteiger partial charge in [-0.25, -0.2) is 0 Å². The molecule has 0 aromatic heterocycles. The van der Waals surface area contributed by atoms with E-state index >= 15 is 0 Å². The van der Waals surface area contributed by atoms with E-state index in [2.05, 4.69) is 4.90 Å². The lowest BCUT2D eigenvalue weighted by atomic mass is 10.1. The molecule has 1 spiro atoms. The molecular formula is C17H25BrN2O2. The van der Waals surface area contributed by atoms with Crippen LogP contribution in [0.5, 0.6) is 5.75 Å². The van der Waals surface area contributed by atoms with Gasteiger partial charge in [-0.3, -0.25) is 9.69 Å². The largest absolute Gasteiger partial charge is 1.00 e. The summed E-state index contributed by atoms with van der Waals surface area (Å²) in [4.78, 5) is 14.6. The smallest absolute Gasteiger partial charge is 0.164 e. The van der Waals surface area contributed by atoms with Gasteiger partial charge in [-0.15, -0.1) is 0 Å².